The summed E-state index contributed by atoms with van der Waals surface area (Å²) in [6, 6.07) is 0. The lowest BCUT2D eigenvalue weighted by Gasteiger charge is -2.04. The fourth-order valence-electron chi connectivity index (χ4n) is 0.692. The van der Waals surface area contributed by atoms with E-state index in [1.54, 1.807) is 0 Å². The summed E-state index contributed by atoms with van der Waals surface area (Å²) in [5.41, 5.74) is 0. The molecule has 1 atom stereocenters. The molecule has 0 radical (unpaired) electrons. The topological polar surface area (TPSA) is 274 Å². The normalized spacial score (nSPS) is 10.6. The second-order valence-corrected chi connectivity index (χ2v) is 4.83. The van der Waals surface area contributed by atoms with E-state index in [0.29, 0.717) is 0 Å². The van der Waals surface area contributed by atoms with Gasteiger partial charge in [-0.05, 0) is 0 Å². The third-order valence-corrected chi connectivity index (χ3v) is 2.64. The molecule has 0 aromatic rings. The summed E-state index contributed by atoms with van der Waals surface area (Å²) < 4.78 is 28.7. The van der Waals surface area contributed by atoms with Gasteiger partial charge in [-0.3, -0.25) is 23.7 Å². The molecule has 0 aromatic carbocycles. The molecule has 0 rings (SSSR count). The van der Waals surface area contributed by atoms with Gasteiger partial charge in [0, 0.05) is 0 Å². The molecular weight excluding hydrogens is 332 g/mol. The van der Waals surface area contributed by atoms with Gasteiger partial charge in [-0.25, -0.2) is 0 Å². The zero-order valence-corrected chi connectivity index (χ0v) is 12.0. The first-order valence-electron chi connectivity index (χ1n) is 4.72. The second kappa shape index (κ2) is 12.5. The molecule has 13 nitrogen and oxygen atoms in total. The van der Waals surface area contributed by atoms with Gasteiger partial charge in [0.1, 0.15) is 0 Å². The Morgan fingerprint density at radius 1 is 0.773 bits per heavy atom. The van der Waals surface area contributed by atoms with E-state index in [1.165, 1.54) is 0 Å². The molecule has 11 N–H and O–H groups in total. The van der Waals surface area contributed by atoms with Crippen LogP contribution < -0.4 is 12.3 Å². The molecule has 0 fully saturated rings. The van der Waals surface area contributed by atoms with Crippen LogP contribution in [0.25, 0.3) is 0 Å². The van der Waals surface area contributed by atoms with Crippen LogP contribution in [0.2, 0.25) is 0 Å². The molecule has 14 heteroatoms. The Labute approximate surface area is 124 Å². The van der Waals surface area contributed by atoms with E-state index < -0.39 is 45.7 Å². The van der Waals surface area contributed by atoms with Crippen LogP contribution in [0.3, 0.4) is 0 Å². The molecule has 0 saturated carbocycles. The number of hydrogen-bond donors (Lipinski definition) is 7. The van der Waals surface area contributed by atoms with Gasteiger partial charge in [0.15, 0.2) is 5.25 Å². The Kier molecular flexibility index (Phi) is 15.8. The van der Waals surface area contributed by atoms with Crippen LogP contribution in [0.5, 0.6) is 0 Å². The lowest BCUT2D eigenvalue weighted by molar-refractivity contribution is -0.143. The molecule has 0 saturated heterocycles. The highest BCUT2D eigenvalue weighted by molar-refractivity contribution is 7.87. The van der Waals surface area contributed by atoms with Crippen LogP contribution in [0.4, 0.5) is 0 Å². The fourth-order valence-corrected chi connectivity index (χ4v) is 1.30. The van der Waals surface area contributed by atoms with E-state index in [2.05, 4.69) is 0 Å². The van der Waals surface area contributed by atoms with Crippen LogP contribution in [0.15, 0.2) is 0 Å². The van der Waals surface area contributed by atoms with Crippen LogP contribution in [-0.2, 0) is 29.3 Å². The largest absolute Gasteiger partial charge is 0.481 e. The lowest BCUT2D eigenvalue weighted by atomic mass is 10.3. The molecule has 0 aliphatic heterocycles. The standard InChI is InChI=1S/C4H6O7S.C4H6O4.2H3N/c5-3(6)1-2(4(7)8)12(9,10)11;5-3(6)1-2-4(7)8;;/h2H,1H2,(H,5,6)(H,7,8)(H,9,10,11);1-2H2,(H,5,6)(H,7,8);2*1H3. The molecular formula is C8H18N2O11S. The smallest absolute Gasteiger partial charge is 0.325 e. The number of carboxylic acid groups (broad SMARTS) is 4. The maximum absolute atomic E-state index is 10.2. The van der Waals surface area contributed by atoms with Crippen LogP contribution in [-0.4, -0.2) is 62.5 Å². The fraction of sp³-hybridized carbons (Fsp3) is 0.500. The minimum atomic E-state index is -4.84. The first-order chi connectivity index (χ1) is 8.87. The Bertz CT molecular complexity index is 472. The van der Waals surface area contributed by atoms with Crippen molar-refractivity contribution in [2.45, 2.75) is 24.5 Å². The van der Waals surface area contributed by atoms with Crippen molar-refractivity contribution >= 4 is 34.0 Å². The summed E-state index contributed by atoms with van der Waals surface area (Å²) in [6.07, 6.45) is -1.75. The van der Waals surface area contributed by atoms with Gasteiger partial charge in [-0.15, -0.1) is 0 Å². The van der Waals surface area contributed by atoms with Gasteiger partial charge in [0.25, 0.3) is 10.1 Å². The summed E-state index contributed by atoms with van der Waals surface area (Å²) in [7, 11) is -4.84. The zero-order chi connectivity index (χ0) is 16.5. The van der Waals surface area contributed by atoms with Crippen LogP contribution in [0, 0.1) is 0 Å². The molecule has 0 spiro atoms. The van der Waals surface area contributed by atoms with Gasteiger partial charge in [0.2, 0.25) is 0 Å². The molecule has 1 unspecified atom stereocenters. The highest BCUT2D eigenvalue weighted by atomic mass is 32.2. The van der Waals surface area contributed by atoms with Gasteiger partial charge in [0.05, 0.1) is 19.3 Å². The van der Waals surface area contributed by atoms with Gasteiger partial charge >= 0.3 is 23.9 Å². The minimum Gasteiger partial charge on any atom is -0.481 e. The van der Waals surface area contributed by atoms with Crippen molar-refractivity contribution in [2.24, 2.45) is 0 Å². The van der Waals surface area contributed by atoms with Gasteiger partial charge in [-0.2, -0.15) is 8.42 Å². The van der Waals surface area contributed by atoms with Crippen molar-refractivity contribution in [2.75, 3.05) is 0 Å². The molecule has 0 aliphatic carbocycles. The maximum Gasteiger partial charge on any atom is 0.325 e. The number of carboxylic acids is 4. The lowest BCUT2D eigenvalue weighted by Crippen LogP contribution is -2.31. The van der Waals surface area contributed by atoms with Crippen LogP contribution in [0.1, 0.15) is 19.3 Å². The number of rotatable bonds is 7. The molecule has 0 heterocycles. The van der Waals surface area contributed by atoms with Crippen molar-refractivity contribution in [1.82, 2.24) is 12.3 Å². The number of hydrogen-bond acceptors (Lipinski definition) is 8. The summed E-state index contributed by atoms with van der Waals surface area (Å²) in [5, 5.41) is 29.7. The molecule has 132 valence electrons. The summed E-state index contributed by atoms with van der Waals surface area (Å²) in [6.45, 7) is 0. The quantitative estimate of drug-likeness (QED) is 0.273. The Morgan fingerprint density at radius 2 is 1.09 bits per heavy atom. The number of aliphatic carboxylic acids is 4. The molecule has 0 bridgehead atoms. The van der Waals surface area contributed by atoms with Crippen molar-refractivity contribution in [3.8, 4) is 0 Å². The molecule has 0 aromatic heterocycles. The van der Waals surface area contributed by atoms with E-state index in [0.717, 1.165) is 0 Å². The number of carbonyl (C=O) groups is 4. The van der Waals surface area contributed by atoms with Gasteiger partial charge in [-0.1, -0.05) is 0 Å². The summed E-state index contributed by atoms with van der Waals surface area (Å²) in [5.74, 6) is -5.65. The van der Waals surface area contributed by atoms with Gasteiger partial charge < -0.3 is 32.7 Å². The minimum absolute atomic E-state index is 0. The third-order valence-electron chi connectivity index (χ3n) is 1.55. The second-order valence-electron chi connectivity index (χ2n) is 3.23. The third kappa shape index (κ3) is 17.7. The SMILES string of the molecule is N.N.O=C(O)CC(C(=O)O)S(=O)(=O)O.O=C(O)CCC(=O)O. The predicted octanol–water partition coefficient (Wildman–Crippen LogP) is -0.938. The van der Waals surface area contributed by atoms with Crippen molar-refractivity contribution in [3.63, 3.8) is 0 Å². The van der Waals surface area contributed by atoms with E-state index in [-0.39, 0.29) is 25.1 Å². The average molecular weight is 350 g/mol. The highest BCUT2D eigenvalue weighted by Gasteiger charge is 2.33. The highest BCUT2D eigenvalue weighted by Crippen LogP contribution is 2.04. The summed E-state index contributed by atoms with van der Waals surface area (Å²) >= 11 is 0. The molecule has 0 aliphatic rings. The predicted molar refractivity (Wildman–Crippen MR) is 69.8 cm³/mol. The summed E-state index contributed by atoms with van der Waals surface area (Å²) in [4.78, 5) is 39.3. The Morgan fingerprint density at radius 3 is 1.18 bits per heavy atom. The van der Waals surface area contributed by atoms with Crippen molar-refractivity contribution in [1.29, 1.82) is 0 Å². The van der Waals surface area contributed by atoms with E-state index in [1.807, 2.05) is 0 Å². The first-order valence-corrected chi connectivity index (χ1v) is 6.22. The zero-order valence-electron chi connectivity index (χ0n) is 11.2. The monoisotopic (exact) mass is 350 g/mol. The first kappa shape index (κ1) is 28.0. The van der Waals surface area contributed by atoms with Crippen molar-refractivity contribution in [3.05, 3.63) is 0 Å². The Balaban J connectivity index is -0.000000144. The Hall–Kier alpha value is -2.29. The molecule has 22 heavy (non-hydrogen) atoms. The van der Waals surface area contributed by atoms with E-state index in [4.69, 9.17) is 25.0 Å². The van der Waals surface area contributed by atoms with Crippen molar-refractivity contribution < 1.29 is 52.6 Å². The van der Waals surface area contributed by atoms with E-state index >= 15 is 0 Å². The average Bonchev–Trinajstić information content (AvgIpc) is 2.22. The molecule has 0 amide bonds. The maximum atomic E-state index is 10.2. The van der Waals surface area contributed by atoms with Crippen LogP contribution >= 0.6 is 0 Å². The van der Waals surface area contributed by atoms with E-state index in [9.17, 15) is 27.6 Å².